The fourth-order valence-corrected chi connectivity index (χ4v) is 2.43. The van der Waals surface area contributed by atoms with E-state index in [1.165, 1.54) is 13.1 Å². The topological polar surface area (TPSA) is 120 Å². The molecular weight excluding hydrogens is 358 g/mol. The molecule has 0 aliphatic carbocycles. The van der Waals surface area contributed by atoms with Gasteiger partial charge in [0.15, 0.2) is 0 Å². The molecule has 0 aliphatic rings. The van der Waals surface area contributed by atoms with Gasteiger partial charge in [-0.25, -0.2) is 10.4 Å². The van der Waals surface area contributed by atoms with Crippen LogP contribution in [0.2, 0.25) is 0 Å². The van der Waals surface area contributed by atoms with Gasteiger partial charge in [0.05, 0.1) is 11.9 Å². The van der Waals surface area contributed by atoms with E-state index >= 15 is 0 Å². The standard InChI is InChI=1S/C20H15N5O3/c1-13(26)28-16-9-5-6-14(10-16)12-22-25-20-23-18(15-7-3-2-4-8-15)17(11-21)19(27)24-20/h2-10,12H,1H3,(H2,23,24,25,27). The van der Waals surface area contributed by atoms with Crippen LogP contribution in [0, 0.1) is 11.3 Å². The Morgan fingerprint density at radius 3 is 2.75 bits per heavy atom. The first-order chi connectivity index (χ1) is 13.6. The molecule has 1 heterocycles. The minimum Gasteiger partial charge on any atom is -0.427 e. The highest BCUT2D eigenvalue weighted by atomic mass is 16.5. The zero-order valence-electron chi connectivity index (χ0n) is 14.8. The molecule has 0 amide bonds. The van der Waals surface area contributed by atoms with Crippen molar-refractivity contribution in [3.05, 3.63) is 76.1 Å². The SMILES string of the molecule is CC(=O)Oc1cccc(C=NNc2nc(-c3ccccc3)c(C#N)c(=O)[nH]2)c1. The van der Waals surface area contributed by atoms with Crippen molar-refractivity contribution in [2.75, 3.05) is 5.43 Å². The van der Waals surface area contributed by atoms with Crippen molar-refractivity contribution < 1.29 is 9.53 Å². The van der Waals surface area contributed by atoms with E-state index in [1.807, 2.05) is 12.1 Å². The molecule has 0 spiro atoms. The molecular formula is C20H15N5O3. The lowest BCUT2D eigenvalue weighted by Gasteiger charge is -2.06. The van der Waals surface area contributed by atoms with E-state index in [-0.39, 0.29) is 17.2 Å². The number of hydrogen-bond acceptors (Lipinski definition) is 7. The molecule has 0 radical (unpaired) electrons. The number of hydrazone groups is 1. The summed E-state index contributed by atoms with van der Waals surface area (Å²) in [6.07, 6.45) is 1.48. The van der Waals surface area contributed by atoms with E-state index in [9.17, 15) is 14.9 Å². The summed E-state index contributed by atoms with van der Waals surface area (Å²) in [5.74, 6) is 0.0722. The van der Waals surface area contributed by atoms with Gasteiger partial charge in [-0.1, -0.05) is 42.5 Å². The van der Waals surface area contributed by atoms with E-state index in [4.69, 9.17) is 4.74 Å². The van der Waals surface area contributed by atoms with Crippen LogP contribution in [0.15, 0.2) is 64.5 Å². The zero-order valence-corrected chi connectivity index (χ0v) is 14.8. The Balaban J connectivity index is 1.85. The van der Waals surface area contributed by atoms with E-state index in [0.717, 1.165) is 0 Å². The number of carbonyl (C=O) groups excluding carboxylic acids is 1. The highest BCUT2D eigenvalue weighted by Gasteiger charge is 2.12. The third-order valence-electron chi connectivity index (χ3n) is 3.58. The summed E-state index contributed by atoms with van der Waals surface area (Å²) in [4.78, 5) is 30.0. The number of anilines is 1. The van der Waals surface area contributed by atoms with E-state index in [2.05, 4.69) is 20.5 Å². The van der Waals surface area contributed by atoms with Crippen LogP contribution in [0.4, 0.5) is 5.95 Å². The minimum absolute atomic E-state index is 0.0742. The fourth-order valence-electron chi connectivity index (χ4n) is 2.43. The van der Waals surface area contributed by atoms with Gasteiger partial charge in [0, 0.05) is 12.5 Å². The number of hydrogen-bond donors (Lipinski definition) is 2. The van der Waals surface area contributed by atoms with Gasteiger partial charge in [-0.2, -0.15) is 10.4 Å². The normalized spacial score (nSPS) is 10.4. The lowest BCUT2D eigenvalue weighted by molar-refractivity contribution is -0.131. The van der Waals surface area contributed by atoms with Crippen LogP contribution in [0.1, 0.15) is 18.1 Å². The zero-order chi connectivity index (χ0) is 19.9. The highest BCUT2D eigenvalue weighted by molar-refractivity contribution is 5.81. The Labute approximate surface area is 160 Å². The second kappa shape index (κ2) is 8.42. The predicted molar refractivity (Wildman–Crippen MR) is 104 cm³/mol. The minimum atomic E-state index is -0.564. The van der Waals surface area contributed by atoms with Crippen molar-refractivity contribution in [2.24, 2.45) is 5.10 Å². The maximum atomic E-state index is 12.2. The van der Waals surface area contributed by atoms with E-state index in [0.29, 0.717) is 16.9 Å². The monoisotopic (exact) mass is 373 g/mol. The van der Waals surface area contributed by atoms with Crippen LogP contribution in [-0.4, -0.2) is 22.2 Å². The van der Waals surface area contributed by atoms with Gasteiger partial charge < -0.3 is 4.74 Å². The van der Waals surface area contributed by atoms with Crippen LogP contribution in [0.25, 0.3) is 11.3 Å². The molecule has 0 bridgehead atoms. The van der Waals surface area contributed by atoms with Crippen LogP contribution in [0.5, 0.6) is 5.75 Å². The van der Waals surface area contributed by atoms with Crippen molar-refractivity contribution in [3.8, 4) is 23.1 Å². The van der Waals surface area contributed by atoms with Crippen LogP contribution >= 0.6 is 0 Å². The summed E-state index contributed by atoms with van der Waals surface area (Å²) in [6, 6.07) is 17.6. The molecule has 28 heavy (non-hydrogen) atoms. The summed E-state index contributed by atoms with van der Waals surface area (Å²) in [6.45, 7) is 1.32. The molecule has 1 aromatic heterocycles. The predicted octanol–water partition coefficient (Wildman–Crippen LogP) is 2.68. The van der Waals surface area contributed by atoms with Crippen LogP contribution < -0.4 is 15.7 Å². The quantitative estimate of drug-likeness (QED) is 0.307. The molecule has 0 atom stereocenters. The van der Waals surface area contributed by atoms with Crippen LogP contribution in [0.3, 0.4) is 0 Å². The second-order valence-electron chi connectivity index (χ2n) is 5.65. The van der Waals surface area contributed by atoms with Crippen molar-refractivity contribution in [2.45, 2.75) is 6.92 Å². The summed E-state index contributed by atoms with van der Waals surface area (Å²) in [7, 11) is 0. The Kier molecular flexibility index (Phi) is 5.58. The average Bonchev–Trinajstić information content (AvgIpc) is 2.68. The van der Waals surface area contributed by atoms with Crippen molar-refractivity contribution in [3.63, 3.8) is 0 Å². The summed E-state index contributed by atoms with van der Waals surface area (Å²) < 4.78 is 5.01. The molecule has 2 N–H and O–H groups in total. The number of nitrogens with zero attached hydrogens (tertiary/aromatic N) is 3. The average molecular weight is 373 g/mol. The maximum absolute atomic E-state index is 12.2. The van der Waals surface area contributed by atoms with Crippen LogP contribution in [-0.2, 0) is 4.79 Å². The fraction of sp³-hybridized carbons (Fsp3) is 0.0500. The van der Waals surface area contributed by atoms with Crippen molar-refractivity contribution >= 4 is 18.1 Å². The molecule has 0 saturated heterocycles. The Hall–Kier alpha value is -4.25. The number of benzene rings is 2. The second-order valence-corrected chi connectivity index (χ2v) is 5.65. The first kappa shape index (κ1) is 18.5. The smallest absolute Gasteiger partial charge is 0.308 e. The lowest BCUT2D eigenvalue weighted by atomic mass is 10.1. The number of aromatic nitrogens is 2. The maximum Gasteiger partial charge on any atom is 0.308 e. The van der Waals surface area contributed by atoms with E-state index < -0.39 is 11.5 Å². The van der Waals surface area contributed by atoms with Gasteiger partial charge in [-0.3, -0.25) is 14.6 Å². The third kappa shape index (κ3) is 4.47. The number of nitriles is 1. The molecule has 8 heteroatoms. The van der Waals surface area contributed by atoms with Gasteiger partial charge in [0.2, 0.25) is 5.95 Å². The summed E-state index contributed by atoms with van der Waals surface area (Å²) >= 11 is 0. The molecule has 3 aromatic rings. The molecule has 0 saturated carbocycles. The summed E-state index contributed by atoms with van der Waals surface area (Å²) in [5.41, 5.74) is 3.58. The first-order valence-corrected chi connectivity index (χ1v) is 8.24. The highest BCUT2D eigenvalue weighted by Crippen LogP contribution is 2.19. The summed E-state index contributed by atoms with van der Waals surface area (Å²) in [5, 5.41) is 13.3. The molecule has 0 fully saturated rings. The molecule has 138 valence electrons. The number of nitrogens with one attached hydrogen (secondary N) is 2. The molecule has 8 nitrogen and oxygen atoms in total. The van der Waals surface area contributed by atoms with Gasteiger partial charge >= 0.3 is 5.97 Å². The number of esters is 1. The number of aromatic amines is 1. The Bertz CT molecular complexity index is 1130. The third-order valence-corrected chi connectivity index (χ3v) is 3.58. The van der Waals surface area contributed by atoms with Gasteiger partial charge in [-0.15, -0.1) is 0 Å². The number of ether oxygens (including phenoxy) is 1. The number of H-pyrrole nitrogens is 1. The first-order valence-electron chi connectivity index (χ1n) is 8.24. The van der Waals surface area contributed by atoms with Crippen molar-refractivity contribution in [1.29, 1.82) is 5.26 Å². The number of carbonyl (C=O) groups is 1. The molecule has 2 aromatic carbocycles. The lowest BCUT2D eigenvalue weighted by Crippen LogP contribution is -2.16. The van der Waals surface area contributed by atoms with Gasteiger partial charge in [0.25, 0.3) is 5.56 Å². The Morgan fingerprint density at radius 1 is 1.25 bits per heavy atom. The van der Waals surface area contributed by atoms with Gasteiger partial charge in [0.1, 0.15) is 17.4 Å². The van der Waals surface area contributed by atoms with Gasteiger partial charge in [-0.05, 0) is 17.7 Å². The van der Waals surface area contributed by atoms with E-state index in [1.54, 1.807) is 48.5 Å². The molecule has 3 rings (SSSR count). The Morgan fingerprint density at radius 2 is 2.04 bits per heavy atom. The number of rotatable bonds is 5. The largest absolute Gasteiger partial charge is 0.427 e. The molecule has 0 unspecified atom stereocenters. The molecule has 0 aliphatic heterocycles. The van der Waals surface area contributed by atoms with Crippen molar-refractivity contribution in [1.82, 2.24) is 9.97 Å².